The Kier molecular flexibility index (Phi) is 2.47. The van der Waals surface area contributed by atoms with Crippen LogP contribution < -0.4 is 10.2 Å². The van der Waals surface area contributed by atoms with Crippen molar-refractivity contribution < 1.29 is 0 Å². The second-order valence-corrected chi connectivity index (χ2v) is 6.14. The molecule has 1 unspecified atom stereocenters. The zero-order valence-corrected chi connectivity index (χ0v) is 11.1. The van der Waals surface area contributed by atoms with Gasteiger partial charge in [0, 0.05) is 19.3 Å². The van der Waals surface area contributed by atoms with Crippen molar-refractivity contribution >= 4 is 23.1 Å². The Balaban J connectivity index is 2.01. The van der Waals surface area contributed by atoms with Crippen molar-refractivity contribution in [3.05, 3.63) is 17.3 Å². The molecule has 4 heteroatoms. The fourth-order valence-corrected chi connectivity index (χ4v) is 3.24. The number of aromatic nitrogens is 1. The minimum absolute atomic E-state index is 0.351. The number of anilines is 2. The summed E-state index contributed by atoms with van der Waals surface area (Å²) in [4.78, 5) is 6.95. The van der Waals surface area contributed by atoms with Crippen molar-refractivity contribution in [2.75, 3.05) is 23.3 Å². The fraction of sp³-hybridized carbons (Fsp3) is 0.615. The van der Waals surface area contributed by atoms with E-state index in [1.54, 1.807) is 6.20 Å². The van der Waals surface area contributed by atoms with Gasteiger partial charge in [-0.2, -0.15) is 0 Å². The number of hydrogen-bond donors (Lipinski definition) is 1. The van der Waals surface area contributed by atoms with Crippen molar-refractivity contribution in [3.63, 3.8) is 0 Å². The molecule has 1 aromatic rings. The van der Waals surface area contributed by atoms with Gasteiger partial charge in [-0.05, 0) is 24.3 Å². The topological polar surface area (TPSA) is 28.2 Å². The van der Waals surface area contributed by atoms with Crippen molar-refractivity contribution in [2.24, 2.45) is 5.41 Å². The predicted molar refractivity (Wildman–Crippen MR) is 71.9 cm³/mol. The van der Waals surface area contributed by atoms with E-state index in [-0.39, 0.29) is 0 Å². The molecule has 0 aliphatic carbocycles. The quantitative estimate of drug-likeness (QED) is 0.768. The van der Waals surface area contributed by atoms with Crippen molar-refractivity contribution in [2.45, 2.75) is 32.7 Å². The normalized spacial score (nSPS) is 25.8. The molecule has 1 atom stereocenters. The average Bonchev–Trinajstić information content (AvgIpc) is 2.27. The van der Waals surface area contributed by atoms with Crippen LogP contribution in [0.2, 0.25) is 5.02 Å². The lowest BCUT2D eigenvalue weighted by atomic mass is 9.75. The van der Waals surface area contributed by atoms with Gasteiger partial charge in [0.05, 0.1) is 16.8 Å². The Morgan fingerprint density at radius 1 is 1.53 bits per heavy atom. The molecule has 0 spiro atoms. The summed E-state index contributed by atoms with van der Waals surface area (Å²) in [5.41, 5.74) is 1.43. The molecule has 3 heterocycles. The van der Waals surface area contributed by atoms with E-state index in [0.29, 0.717) is 16.5 Å². The fourth-order valence-electron chi connectivity index (χ4n) is 3.09. The molecular weight excluding hydrogens is 234 g/mol. The van der Waals surface area contributed by atoms with Crippen LogP contribution in [0.15, 0.2) is 12.3 Å². The van der Waals surface area contributed by atoms with Gasteiger partial charge in [0.15, 0.2) is 5.82 Å². The SMILES string of the molecule is CC1(C)CCCN2c3ncc(Cl)cc3NCC21. The Labute approximate surface area is 107 Å². The van der Waals surface area contributed by atoms with Crippen LogP contribution in [-0.2, 0) is 0 Å². The third-order valence-electron chi connectivity index (χ3n) is 4.09. The summed E-state index contributed by atoms with van der Waals surface area (Å²) in [5, 5.41) is 4.17. The lowest BCUT2D eigenvalue weighted by Crippen LogP contribution is -2.56. The molecule has 3 rings (SSSR count). The molecule has 1 fully saturated rings. The van der Waals surface area contributed by atoms with E-state index >= 15 is 0 Å². The van der Waals surface area contributed by atoms with Crippen molar-refractivity contribution in [1.82, 2.24) is 4.98 Å². The van der Waals surface area contributed by atoms with Crippen LogP contribution in [0.4, 0.5) is 11.5 Å². The smallest absolute Gasteiger partial charge is 0.152 e. The van der Waals surface area contributed by atoms with Gasteiger partial charge in [0.2, 0.25) is 0 Å². The number of halogens is 1. The summed E-state index contributed by atoms with van der Waals surface area (Å²) in [6.45, 7) is 6.80. The Morgan fingerprint density at radius 3 is 3.18 bits per heavy atom. The van der Waals surface area contributed by atoms with Gasteiger partial charge in [-0.15, -0.1) is 0 Å². The van der Waals surface area contributed by atoms with Gasteiger partial charge in [0.25, 0.3) is 0 Å². The third-order valence-corrected chi connectivity index (χ3v) is 4.30. The van der Waals surface area contributed by atoms with E-state index in [4.69, 9.17) is 11.6 Å². The van der Waals surface area contributed by atoms with E-state index in [9.17, 15) is 0 Å². The van der Waals surface area contributed by atoms with Crippen LogP contribution in [0, 0.1) is 5.41 Å². The molecule has 0 radical (unpaired) electrons. The van der Waals surface area contributed by atoms with Crippen molar-refractivity contribution in [3.8, 4) is 0 Å². The molecule has 0 bridgehead atoms. The first kappa shape index (κ1) is 11.1. The first-order chi connectivity index (χ1) is 8.08. The predicted octanol–water partition coefficient (Wildman–Crippen LogP) is 3.16. The van der Waals surface area contributed by atoms with Crippen LogP contribution in [0.25, 0.3) is 0 Å². The van der Waals surface area contributed by atoms with Crippen molar-refractivity contribution in [1.29, 1.82) is 0 Å². The molecule has 92 valence electrons. The van der Waals surface area contributed by atoms with E-state index in [2.05, 4.69) is 29.0 Å². The van der Waals surface area contributed by atoms with Gasteiger partial charge >= 0.3 is 0 Å². The largest absolute Gasteiger partial charge is 0.380 e. The van der Waals surface area contributed by atoms with Gasteiger partial charge in [-0.3, -0.25) is 0 Å². The molecule has 2 aliphatic heterocycles. The van der Waals surface area contributed by atoms with Crippen LogP contribution in [-0.4, -0.2) is 24.1 Å². The van der Waals surface area contributed by atoms with E-state index in [1.165, 1.54) is 12.8 Å². The standard InChI is InChI=1S/C13H18ClN3/c1-13(2)4-3-5-17-11(13)8-15-10-6-9(14)7-16-12(10)17/h6-7,11,15H,3-5,8H2,1-2H3. The Morgan fingerprint density at radius 2 is 2.35 bits per heavy atom. The highest BCUT2D eigenvalue weighted by Crippen LogP contribution is 2.42. The molecule has 17 heavy (non-hydrogen) atoms. The Bertz CT molecular complexity index is 444. The molecule has 1 aromatic heterocycles. The highest BCUT2D eigenvalue weighted by molar-refractivity contribution is 6.30. The second-order valence-electron chi connectivity index (χ2n) is 5.71. The number of piperidine rings is 1. The maximum absolute atomic E-state index is 5.99. The number of nitrogens with one attached hydrogen (secondary N) is 1. The number of pyridine rings is 1. The number of rotatable bonds is 0. The average molecular weight is 252 g/mol. The molecular formula is C13H18ClN3. The van der Waals surface area contributed by atoms with Crippen LogP contribution in [0.3, 0.4) is 0 Å². The Hall–Kier alpha value is -0.960. The summed E-state index contributed by atoms with van der Waals surface area (Å²) < 4.78 is 0. The minimum Gasteiger partial charge on any atom is -0.380 e. The lowest BCUT2D eigenvalue weighted by molar-refractivity contribution is 0.216. The van der Waals surface area contributed by atoms with E-state index in [1.807, 2.05) is 6.07 Å². The maximum atomic E-state index is 5.99. The molecule has 2 aliphatic rings. The van der Waals surface area contributed by atoms with Gasteiger partial charge < -0.3 is 10.2 Å². The van der Waals surface area contributed by atoms with Gasteiger partial charge in [-0.25, -0.2) is 4.98 Å². The molecule has 0 saturated carbocycles. The first-order valence-corrected chi connectivity index (χ1v) is 6.62. The van der Waals surface area contributed by atoms with Crippen LogP contribution >= 0.6 is 11.6 Å². The first-order valence-electron chi connectivity index (χ1n) is 6.24. The number of fused-ring (bicyclic) bond motifs is 3. The zero-order chi connectivity index (χ0) is 12.0. The second kappa shape index (κ2) is 3.77. The zero-order valence-electron chi connectivity index (χ0n) is 10.3. The lowest BCUT2D eigenvalue weighted by Gasteiger charge is -2.50. The minimum atomic E-state index is 0.351. The highest BCUT2D eigenvalue weighted by atomic mass is 35.5. The van der Waals surface area contributed by atoms with Crippen LogP contribution in [0.5, 0.6) is 0 Å². The summed E-state index contributed by atoms with van der Waals surface area (Å²) in [6, 6.07) is 2.51. The summed E-state index contributed by atoms with van der Waals surface area (Å²) in [6.07, 6.45) is 4.28. The van der Waals surface area contributed by atoms with E-state index in [0.717, 1.165) is 24.6 Å². The summed E-state index contributed by atoms with van der Waals surface area (Å²) in [7, 11) is 0. The summed E-state index contributed by atoms with van der Waals surface area (Å²) >= 11 is 5.99. The molecule has 0 amide bonds. The monoisotopic (exact) mass is 251 g/mol. The third kappa shape index (κ3) is 1.77. The molecule has 1 saturated heterocycles. The number of nitrogens with zero attached hydrogens (tertiary/aromatic N) is 2. The van der Waals surface area contributed by atoms with E-state index < -0.39 is 0 Å². The molecule has 0 aromatic carbocycles. The van der Waals surface area contributed by atoms with Gasteiger partial charge in [-0.1, -0.05) is 25.4 Å². The molecule has 3 nitrogen and oxygen atoms in total. The van der Waals surface area contributed by atoms with Crippen LogP contribution in [0.1, 0.15) is 26.7 Å². The molecule has 1 N–H and O–H groups in total. The number of hydrogen-bond acceptors (Lipinski definition) is 3. The maximum Gasteiger partial charge on any atom is 0.152 e. The van der Waals surface area contributed by atoms with Gasteiger partial charge in [0.1, 0.15) is 0 Å². The summed E-state index contributed by atoms with van der Waals surface area (Å²) in [5.74, 6) is 1.07. The highest BCUT2D eigenvalue weighted by Gasteiger charge is 2.40.